The van der Waals surface area contributed by atoms with Crippen molar-refractivity contribution in [2.24, 2.45) is 0 Å². The molecule has 1 aliphatic heterocycles. The SMILES string of the molecule is Cc1cccc(C)c1NC(=O)[C@H](C)N1C[C@@H](C)O[C@H](C)C1. The zero-order chi connectivity index (χ0) is 15.6. The molecule has 21 heavy (non-hydrogen) atoms. The molecule has 0 radical (unpaired) electrons. The number of carbonyl (C=O) groups excluding carboxylic acids is 1. The molecule has 0 saturated carbocycles. The Balaban J connectivity index is 2.06. The van der Waals surface area contributed by atoms with Crippen molar-refractivity contribution in [3.8, 4) is 0 Å². The summed E-state index contributed by atoms with van der Waals surface area (Å²) in [6, 6.07) is 5.89. The first-order valence-electron chi connectivity index (χ1n) is 7.65. The van der Waals surface area contributed by atoms with Gasteiger partial charge in [-0.3, -0.25) is 9.69 Å². The van der Waals surface area contributed by atoms with E-state index in [9.17, 15) is 4.79 Å². The second kappa shape index (κ2) is 6.58. The minimum Gasteiger partial charge on any atom is -0.373 e. The van der Waals surface area contributed by atoms with Crippen molar-refractivity contribution in [2.75, 3.05) is 18.4 Å². The molecular weight excluding hydrogens is 264 g/mol. The van der Waals surface area contributed by atoms with Crippen LogP contribution in [0.4, 0.5) is 5.69 Å². The quantitative estimate of drug-likeness (QED) is 0.930. The van der Waals surface area contributed by atoms with Gasteiger partial charge in [-0.15, -0.1) is 0 Å². The molecule has 1 aromatic carbocycles. The van der Waals surface area contributed by atoms with Crippen LogP contribution in [0.3, 0.4) is 0 Å². The Morgan fingerprint density at radius 2 is 1.76 bits per heavy atom. The molecule has 0 spiro atoms. The van der Waals surface area contributed by atoms with Gasteiger partial charge in [-0.1, -0.05) is 18.2 Å². The first-order valence-corrected chi connectivity index (χ1v) is 7.65. The Hall–Kier alpha value is -1.39. The van der Waals surface area contributed by atoms with Crippen molar-refractivity contribution >= 4 is 11.6 Å². The predicted molar refractivity (Wildman–Crippen MR) is 85.6 cm³/mol. The van der Waals surface area contributed by atoms with Crippen molar-refractivity contribution in [3.05, 3.63) is 29.3 Å². The molecule has 116 valence electrons. The van der Waals surface area contributed by atoms with Crippen LogP contribution >= 0.6 is 0 Å². The molecule has 1 aliphatic rings. The summed E-state index contributed by atoms with van der Waals surface area (Å²) in [5.74, 6) is 0.0497. The smallest absolute Gasteiger partial charge is 0.241 e. The molecule has 0 bridgehead atoms. The van der Waals surface area contributed by atoms with E-state index in [2.05, 4.69) is 24.1 Å². The van der Waals surface area contributed by atoms with Gasteiger partial charge in [0.15, 0.2) is 0 Å². The maximum Gasteiger partial charge on any atom is 0.241 e. The highest BCUT2D eigenvalue weighted by molar-refractivity contribution is 5.95. The fourth-order valence-electron chi connectivity index (χ4n) is 2.94. The molecular formula is C17H26N2O2. The fraction of sp³-hybridized carbons (Fsp3) is 0.588. The van der Waals surface area contributed by atoms with E-state index in [1.54, 1.807) is 0 Å². The monoisotopic (exact) mass is 290 g/mol. The first-order chi connectivity index (χ1) is 9.88. The summed E-state index contributed by atoms with van der Waals surface area (Å²) in [6.45, 7) is 11.7. The second-order valence-electron chi connectivity index (χ2n) is 6.14. The maximum atomic E-state index is 12.5. The van der Waals surface area contributed by atoms with E-state index in [0.29, 0.717) is 0 Å². The molecule has 2 rings (SSSR count). The van der Waals surface area contributed by atoms with Gasteiger partial charge < -0.3 is 10.1 Å². The highest BCUT2D eigenvalue weighted by Gasteiger charge is 2.29. The third-order valence-electron chi connectivity index (χ3n) is 4.10. The minimum atomic E-state index is -0.155. The van der Waals surface area contributed by atoms with Crippen LogP contribution in [0.15, 0.2) is 18.2 Å². The topological polar surface area (TPSA) is 41.6 Å². The summed E-state index contributed by atoms with van der Waals surface area (Å²) in [5.41, 5.74) is 3.13. The number of morpholine rings is 1. The number of nitrogens with zero attached hydrogens (tertiary/aromatic N) is 1. The number of para-hydroxylation sites is 1. The number of amides is 1. The average Bonchev–Trinajstić information content (AvgIpc) is 2.41. The van der Waals surface area contributed by atoms with Crippen LogP contribution in [0.1, 0.15) is 31.9 Å². The summed E-state index contributed by atoms with van der Waals surface area (Å²) < 4.78 is 5.73. The molecule has 4 heteroatoms. The van der Waals surface area contributed by atoms with E-state index < -0.39 is 0 Å². The molecule has 3 atom stereocenters. The molecule has 1 fully saturated rings. The van der Waals surface area contributed by atoms with Crippen molar-refractivity contribution < 1.29 is 9.53 Å². The minimum absolute atomic E-state index is 0.0497. The zero-order valence-electron chi connectivity index (χ0n) is 13.6. The lowest BCUT2D eigenvalue weighted by Gasteiger charge is -2.38. The third kappa shape index (κ3) is 3.83. The standard InChI is InChI=1S/C17H26N2O2/c1-11-7-6-8-12(2)16(11)18-17(20)15(5)19-9-13(3)21-14(4)10-19/h6-8,13-15H,9-10H2,1-5H3,(H,18,20)/t13-,14-,15+/m1/s1. The summed E-state index contributed by atoms with van der Waals surface area (Å²) in [6.07, 6.45) is 0.341. The second-order valence-corrected chi connectivity index (χ2v) is 6.14. The number of rotatable bonds is 3. The third-order valence-corrected chi connectivity index (χ3v) is 4.10. The molecule has 4 nitrogen and oxygen atoms in total. The van der Waals surface area contributed by atoms with Crippen molar-refractivity contribution in [2.45, 2.75) is 52.9 Å². The van der Waals surface area contributed by atoms with Crippen molar-refractivity contribution in [3.63, 3.8) is 0 Å². The Morgan fingerprint density at radius 1 is 1.24 bits per heavy atom. The van der Waals surface area contributed by atoms with E-state index in [0.717, 1.165) is 29.9 Å². The lowest BCUT2D eigenvalue weighted by Crippen LogP contribution is -2.52. The largest absolute Gasteiger partial charge is 0.373 e. The number of carbonyl (C=O) groups is 1. The van der Waals surface area contributed by atoms with Crippen LogP contribution < -0.4 is 5.32 Å². The number of benzene rings is 1. The molecule has 0 unspecified atom stereocenters. The lowest BCUT2D eigenvalue weighted by molar-refractivity contribution is -0.126. The van der Waals surface area contributed by atoms with E-state index in [1.807, 2.05) is 39.0 Å². The number of nitrogens with one attached hydrogen (secondary N) is 1. The lowest BCUT2D eigenvalue weighted by atomic mass is 10.1. The summed E-state index contributed by atoms with van der Waals surface area (Å²) in [5, 5.41) is 3.08. The zero-order valence-corrected chi connectivity index (χ0v) is 13.6. The van der Waals surface area contributed by atoms with Crippen LogP contribution in [0.5, 0.6) is 0 Å². The highest BCUT2D eigenvalue weighted by atomic mass is 16.5. The van der Waals surface area contributed by atoms with Gasteiger partial charge in [0.2, 0.25) is 5.91 Å². The predicted octanol–water partition coefficient (Wildman–Crippen LogP) is 2.74. The number of anilines is 1. The van der Waals surface area contributed by atoms with Gasteiger partial charge in [0.05, 0.1) is 18.2 Å². The Labute approximate surface area is 127 Å². The summed E-state index contributed by atoms with van der Waals surface area (Å²) in [7, 11) is 0. The van der Waals surface area contributed by atoms with Gasteiger partial charge in [-0.2, -0.15) is 0 Å². The Bertz CT molecular complexity index is 485. The van der Waals surface area contributed by atoms with Gasteiger partial charge in [0, 0.05) is 18.8 Å². The van der Waals surface area contributed by atoms with Gasteiger partial charge >= 0.3 is 0 Å². The fourth-order valence-corrected chi connectivity index (χ4v) is 2.94. The van der Waals surface area contributed by atoms with E-state index in [1.165, 1.54) is 0 Å². The van der Waals surface area contributed by atoms with Crippen molar-refractivity contribution in [1.29, 1.82) is 0 Å². The normalized spacial score (nSPS) is 24.6. The van der Waals surface area contributed by atoms with Gasteiger partial charge in [-0.05, 0) is 45.7 Å². The number of hydrogen-bond acceptors (Lipinski definition) is 3. The Morgan fingerprint density at radius 3 is 2.29 bits per heavy atom. The Kier molecular flexibility index (Phi) is 5.01. The molecule has 0 aromatic heterocycles. The molecule has 1 aromatic rings. The van der Waals surface area contributed by atoms with Gasteiger partial charge in [0.25, 0.3) is 0 Å². The van der Waals surface area contributed by atoms with Crippen molar-refractivity contribution in [1.82, 2.24) is 4.90 Å². The van der Waals surface area contributed by atoms with Gasteiger partial charge in [0.1, 0.15) is 0 Å². The van der Waals surface area contributed by atoms with E-state index in [4.69, 9.17) is 4.74 Å². The van der Waals surface area contributed by atoms with Crippen LogP contribution in [0, 0.1) is 13.8 Å². The molecule has 1 amide bonds. The average molecular weight is 290 g/mol. The van der Waals surface area contributed by atoms with Crippen LogP contribution in [-0.2, 0) is 9.53 Å². The maximum absolute atomic E-state index is 12.5. The number of aryl methyl sites for hydroxylation is 2. The van der Waals surface area contributed by atoms with E-state index >= 15 is 0 Å². The van der Waals surface area contributed by atoms with Crippen LogP contribution in [-0.4, -0.2) is 42.1 Å². The van der Waals surface area contributed by atoms with Gasteiger partial charge in [-0.25, -0.2) is 0 Å². The molecule has 1 heterocycles. The molecule has 0 aliphatic carbocycles. The van der Waals surface area contributed by atoms with Crippen LogP contribution in [0.2, 0.25) is 0 Å². The van der Waals surface area contributed by atoms with Crippen LogP contribution in [0.25, 0.3) is 0 Å². The molecule has 1 saturated heterocycles. The summed E-state index contributed by atoms with van der Waals surface area (Å²) in [4.78, 5) is 14.7. The highest BCUT2D eigenvalue weighted by Crippen LogP contribution is 2.21. The van der Waals surface area contributed by atoms with E-state index in [-0.39, 0.29) is 24.2 Å². The number of hydrogen-bond donors (Lipinski definition) is 1. The summed E-state index contributed by atoms with van der Waals surface area (Å²) >= 11 is 0. The molecule has 1 N–H and O–H groups in total. The number of ether oxygens (including phenoxy) is 1. The first kappa shape index (κ1) is 16.0.